The van der Waals surface area contributed by atoms with Crippen molar-refractivity contribution in [3.05, 3.63) is 48.6 Å². The van der Waals surface area contributed by atoms with Crippen molar-refractivity contribution in [3.63, 3.8) is 0 Å². The van der Waals surface area contributed by atoms with Crippen molar-refractivity contribution in [2.24, 2.45) is 0 Å². The summed E-state index contributed by atoms with van der Waals surface area (Å²) in [6.45, 7) is 5.84. The van der Waals surface area contributed by atoms with Crippen LogP contribution in [-0.4, -0.2) is 43.2 Å². The minimum Gasteiger partial charge on any atom is -0.331 e. The second kappa shape index (κ2) is 37.4. The standard InChI is InChI=1S/C43H82NS2/c1-6-8-10-12-14-16-18-20-22-24-26-28-30-32-34-36-39-43(46-45-42-38-41-44(3,4)5)40-37-35-33-31-29-27-25-23-21-19-17-15-13-11-9-7-2/h14-17,20-23,43H,6-13,18-19,24-42H2,1-5H3/q+1/b16-14-,17-15-,22-20-,23-21-. The maximum absolute atomic E-state index is 2.41. The molecule has 0 unspecified atom stereocenters. The predicted octanol–water partition coefficient (Wildman–Crippen LogP) is 15.2. The van der Waals surface area contributed by atoms with Crippen molar-refractivity contribution in [2.75, 3.05) is 33.4 Å². The van der Waals surface area contributed by atoms with Gasteiger partial charge in [0.25, 0.3) is 0 Å². The number of unbranched alkanes of at least 4 members (excludes halogenated alkanes) is 18. The number of nitrogens with zero attached hydrogens (tertiary/aromatic N) is 1. The molecule has 0 N–H and O–H groups in total. The Morgan fingerprint density at radius 3 is 1.20 bits per heavy atom. The molecule has 46 heavy (non-hydrogen) atoms. The van der Waals surface area contributed by atoms with Crippen LogP contribution in [0.4, 0.5) is 0 Å². The van der Waals surface area contributed by atoms with Gasteiger partial charge in [-0.15, -0.1) is 0 Å². The maximum Gasteiger partial charge on any atom is 0.0788 e. The fourth-order valence-electron chi connectivity index (χ4n) is 5.70. The van der Waals surface area contributed by atoms with E-state index in [9.17, 15) is 0 Å². The zero-order valence-corrected chi connectivity index (χ0v) is 33.6. The van der Waals surface area contributed by atoms with Gasteiger partial charge in [-0.2, -0.15) is 0 Å². The summed E-state index contributed by atoms with van der Waals surface area (Å²) in [6, 6.07) is 0. The van der Waals surface area contributed by atoms with Crippen LogP contribution in [0.3, 0.4) is 0 Å². The molecule has 0 fully saturated rings. The van der Waals surface area contributed by atoms with Gasteiger partial charge in [0.2, 0.25) is 0 Å². The Bertz CT molecular complexity index is 654. The molecule has 0 aromatic carbocycles. The number of quaternary nitrogens is 1. The zero-order valence-electron chi connectivity index (χ0n) is 32.0. The largest absolute Gasteiger partial charge is 0.331 e. The van der Waals surface area contributed by atoms with Crippen molar-refractivity contribution >= 4 is 21.6 Å². The normalized spacial score (nSPS) is 12.8. The van der Waals surface area contributed by atoms with Crippen LogP contribution in [0.25, 0.3) is 0 Å². The second-order valence-electron chi connectivity index (χ2n) is 14.7. The van der Waals surface area contributed by atoms with E-state index in [2.05, 4.69) is 105 Å². The third kappa shape index (κ3) is 39.8. The fourth-order valence-corrected chi connectivity index (χ4v) is 8.56. The van der Waals surface area contributed by atoms with Gasteiger partial charge in [-0.3, -0.25) is 0 Å². The first-order valence-electron chi connectivity index (χ1n) is 20.2. The molecule has 0 amide bonds. The Kier molecular flexibility index (Phi) is 37.1. The molecule has 0 aromatic rings. The number of hydrogen-bond donors (Lipinski definition) is 0. The highest BCUT2D eigenvalue weighted by molar-refractivity contribution is 8.76. The smallest absolute Gasteiger partial charge is 0.0788 e. The van der Waals surface area contributed by atoms with E-state index in [1.807, 2.05) is 0 Å². The van der Waals surface area contributed by atoms with E-state index in [-0.39, 0.29) is 0 Å². The minimum absolute atomic E-state index is 0.866. The SMILES string of the molecule is CCCCC/C=C\C/C=C\CCCCCCCCC(CCCCCCCC/C=C\C/C=C\CCCCC)SSCCC[N+](C)(C)C. The van der Waals surface area contributed by atoms with Crippen LogP contribution in [0.15, 0.2) is 48.6 Å². The van der Waals surface area contributed by atoms with Crippen molar-refractivity contribution in [1.29, 1.82) is 0 Å². The summed E-state index contributed by atoms with van der Waals surface area (Å²) in [5.41, 5.74) is 0. The molecule has 0 aliphatic heterocycles. The molecule has 0 atom stereocenters. The average molecular weight is 677 g/mol. The van der Waals surface area contributed by atoms with Crippen LogP contribution in [0.2, 0.25) is 0 Å². The van der Waals surface area contributed by atoms with Crippen LogP contribution in [-0.2, 0) is 0 Å². The quantitative estimate of drug-likeness (QED) is 0.0280. The van der Waals surface area contributed by atoms with E-state index < -0.39 is 0 Å². The lowest BCUT2D eigenvalue weighted by atomic mass is 10.0. The molecular weight excluding hydrogens is 595 g/mol. The maximum atomic E-state index is 2.41. The van der Waals surface area contributed by atoms with Gasteiger partial charge in [0.05, 0.1) is 27.7 Å². The molecule has 0 saturated carbocycles. The van der Waals surface area contributed by atoms with Crippen molar-refractivity contribution in [1.82, 2.24) is 0 Å². The molecule has 0 radical (unpaired) electrons. The number of allylic oxidation sites excluding steroid dienone is 8. The first-order valence-corrected chi connectivity index (χ1v) is 22.6. The van der Waals surface area contributed by atoms with E-state index in [0.717, 1.165) is 22.6 Å². The third-order valence-corrected chi connectivity index (χ3v) is 11.8. The molecule has 0 bridgehead atoms. The second-order valence-corrected chi connectivity index (χ2v) is 17.4. The average Bonchev–Trinajstić information content (AvgIpc) is 3.03. The lowest BCUT2D eigenvalue weighted by Crippen LogP contribution is -2.35. The van der Waals surface area contributed by atoms with Crippen molar-refractivity contribution < 1.29 is 4.48 Å². The Morgan fingerprint density at radius 2 is 0.804 bits per heavy atom. The zero-order chi connectivity index (χ0) is 33.7. The highest BCUT2D eigenvalue weighted by Gasteiger charge is 2.11. The molecule has 0 saturated heterocycles. The van der Waals surface area contributed by atoms with E-state index in [4.69, 9.17) is 0 Å². The Hall–Kier alpha value is -0.380. The van der Waals surface area contributed by atoms with Crippen molar-refractivity contribution in [3.8, 4) is 0 Å². The van der Waals surface area contributed by atoms with Crippen LogP contribution in [0.1, 0.15) is 187 Å². The molecule has 1 nitrogen and oxygen atoms in total. The molecule has 0 heterocycles. The highest BCUT2D eigenvalue weighted by Crippen LogP contribution is 2.34. The number of hydrogen-bond acceptors (Lipinski definition) is 2. The molecule has 0 aliphatic rings. The summed E-state index contributed by atoms with van der Waals surface area (Å²) in [4.78, 5) is 0. The molecule has 270 valence electrons. The molecule has 0 aromatic heterocycles. The predicted molar refractivity (Wildman–Crippen MR) is 219 cm³/mol. The van der Waals surface area contributed by atoms with Gasteiger partial charge in [-0.05, 0) is 77.0 Å². The summed E-state index contributed by atoms with van der Waals surface area (Å²) in [6.07, 6.45) is 55.5. The van der Waals surface area contributed by atoms with E-state index >= 15 is 0 Å². The summed E-state index contributed by atoms with van der Waals surface area (Å²) >= 11 is 0. The monoisotopic (exact) mass is 677 g/mol. The van der Waals surface area contributed by atoms with Gasteiger partial charge in [0.1, 0.15) is 0 Å². The van der Waals surface area contributed by atoms with E-state index in [1.54, 1.807) is 0 Å². The highest BCUT2D eigenvalue weighted by atomic mass is 33.1. The van der Waals surface area contributed by atoms with Crippen LogP contribution in [0.5, 0.6) is 0 Å². The Labute approximate surface area is 299 Å². The van der Waals surface area contributed by atoms with Crippen LogP contribution < -0.4 is 0 Å². The lowest BCUT2D eigenvalue weighted by molar-refractivity contribution is -0.870. The lowest BCUT2D eigenvalue weighted by Gasteiger charge is -2.23. The van der Waals surface area contributed by atoms with Crippen LogP contribution in [0, 0.1) is 0 Å². The molecule has 0 aliphatic carbocycles. The fraction of sp³-hybridized carbons (Fsp3) is 0.814. The van der Waals surface area contributed by atoms with Crippen LogP contribution >= 0.6 is 21.6 Å². The van der Waals surface area contributed by atoms with Gasteiger partial charge < -0.3 is 4.48 Å². The first kappa shape index (κ1) is 45.6. The summed E-state index contributed by atoms with van der Waals surface area (Å²) in [7, 11) is 11.3. The topological polar surface area (TPSA) is 0 Å². The van der Waals surface area contributed by atoms with E-state index in [0.29, 0.717) is 0 Å². The van der Waals surface area contributed by atoms with Gasteiger partial charge in [-0.25, -0.2) is 0 Å². The molecule has 0 rings (SSSR count). The number of rotatable bonds is 36. The summed E-state index contributed by atoms with van der Waals surface area (Å²) < 4.78 is 1.09. The molecular formula is C43H82NS2+. The Morgan fingerprint density at radius 1 is 0.435 bits per heavy atom. The van der Waals surface area contributed by atoms with E-state index in [1.165, 1.54) is 173 Å². The van der Waals surface area contributed by atoms with Crippen molar-refractivity contribution in [2.45, 2.75) is 192 Å². The summed E-state index contributed by atoms with van der Waals surface area (Å²) in [5, 5.41) is 0.866. The third-order valence-electron chi connectivity index (χ3n) is 8.71. The minimum atomic E-state index is 0.866. The first-order chi connectivity index (χ1) is 22.5. The molecule has 3 heteroatoms. The summed E-state index contributed by atoms with van der Waals surface area (Å²) in [5.74, 6) is 1.31. The van der Waals surface area contributed by atoms with Gasteiger partial charge in [-0.1, -0.05) is 174 Å². The van der Waals surface area contributed by atoms with Gasteiger partial charge in [0.15, 0.2) is 0 Å². The van der Waals surface area contributed by atoms with Gasteiger partial charge in [0, 0.05) is 17.4 Å². The van der Waals surface area contributed by atoms with Gasteiger partial charge >= 0.3 is 0 Å². The Balaban J connectivity index is 3.95. The molecule has 0 spiro atoms.